The van der Waals surface area contributed by atoms with Gasteiger partial charge in [-0.2, -0.15) is 0 Å². The van der Waals surface area contributed by atoms with Crippen molar-refractivity contribution in [2.45, 2.75) is 0 Å². The number of nitrogens with zero attached hydrogens (tertiary/aromatic N) is 1. The number of hydrogen-bond acceptors (Lipinski definition) is 3. The lowest BCUT2D eigenvalue weighted by atomic mass is 10.6. The fourth-order valence-electron chi connectivity index (χ4n) is 0.527. The van der Waals surface area contributed by atoms with Crippen molar-refractivity contribution in [3.05, 3.63) is 12.7 Å². The van der Waals surface area contributed by atoms with Crippen LogP contribution in [-0.2, 0) is 9.53 Å². The van der Waals surface area contributed by atoms with Crippen LogP contribution in [0.3, 0.4) is 0 Å². The molecule has 2 amide bonds. The van der Waals surface area contributed by atoms with Crippen molar-refractivity contribution in [3.8, 4) is 0 Å². The molecule has 0 aromatic rings. The molecule has 13 heavy (non-hydrogen) atoms. The molecule has 5 heteroatoms. The Morgan fingerprint density at radius 1 is 1.54 bits per heavy atom. The second-order valence-electron chi connectivity index (χ2n) is 2.50. The second-order valence-corrected chi connectivity index (χ2v) is 2.50. The van der Waals surface area contributed by atoms with Gasteiger partial charge in [0.25, 0.3) is 0 Å². The van der Waals surface area contributed by atoms with E-state index in [0.29, 0.717) is 6.54 Å². The number of ether oxygens (including phenoxy) is 1. The first-order valence-corrected chi connectivity index (χ1v) is 3.82. The van der Waals surface area contributed by atoms with Crippen LogP contribution in [-0.4, -0.2) is 44.1 Å². The van der Waals surface area contributed by atoms with E-state index < -0.39 is 5.97 Å². The van der Waals surface area contributed by atoms with E-state index in [9.17, 15) is 9.59 Å². The highest BCUT2D eigenvalue weighted by Gasteiger charge is 2.01. The Labute approximate surface area is 77.4 Å². The van der Waals surface area contributed by atoms with Crippen LogP contribution in [0, 0.1) is 0 Å². The maximum absolute atomic E-state index is 10.9. The van der Waals surface area contributed by atoms with E-state index in [4.69, 9.17) is 0 Å². The van der Waals surface area contributed by atoms with E-state index in [1.54, 1.807) is 14.1 Å². The third-order valence-electron chi connectivity index (χ3n) is 1.20. The third kappa shape index (κ3) is 5.72. The molecule has 0 aromatic carbocycles. The largest absolute Gasteiger partial charge is 0.461 e. The van der Waals surface area contributed by atoms with Crippen molar-refractivity contribution in [2.24, 2.45) is 0 Å². The van der Waals surface area contributed by atoms with Crippen molar-refractivity contribution in [1.82, 2.24) is 10.2 Å². The van der Waals surface area contributed by atoms with Crippen LogP contribution >= 0.6 is 0 Å². The Kier molecular flexibility index (Phi) is 5.34. The summed E-state index contributed by atoms with van der Waals surface area (Å²) in [6, 6.07) is -0.213. The van der Waals surface area contributed by atoms with Gasteiger partial charge < -0.3 is 15.0 Å². The first-order chi connectivity index (χ1) is 6.07. The van der Waals surface area contributed by atoms with E-state index in [1.165, 1.54) is 4.90 Å². The first-order valence-electron chi connectivity index (χ1n) is 3.82. The molecule has 0 saturated heterocycles. The standard InChI is InChI=1S/C8H14N2O3/c1-4-7(11)13-6-5-9-8(12)10(2)3/h4H,1,5-6H2,2-3H3,(H,9,12). The van der Waals surface area contributed by atoms with Crippen molar-refractivity contribution in [2.75, 3.05) is 27.2 Å². The fourth-order valence-corrected chi connectivity index (χ4v) is 0.527. The molecule has 0 unspecified atom stereocenters. The molecule has 0 saturated carbocycles. The molecule has 0 heterocycles. The summed E-state index contributed by atoms with van der Waals surface area (Å²) in [6.45, 7) is 3.69. The van der Waals surface area contributed by atoms with Gasteiger partial charge >= 0.3 is 12.0 Å². The van der Waals surface area contributed by atoms with Gasteiger partial charge in [0.1, 0.15) is 6.61 Å². The molecule has 5 nitrogen and oxygen atoms in total. The average molecular weight is 186 g/mol. The quantitative estimate of drug-likeness (QED) is 0.381. The molecule has 0 aliphatic rings. The zero-order valence-electron chi connectivity index (χ0n) is 7.87. The Hall–Kier alpha value is -1.52. The molecule has 0 radical (unpaired) electrons. The molecule has 0 bridgehead atoms. The van der Waals surface area contributed by atoms with Crippen molar-refractivity contribution >= 4 is 12.0 Å². The van der Waals surface area contributed by atoms with Crippen LogP contribution in [0.5, 0.6) is 0 Å². The normalized spacial score (nSPS) is 8.77. The van der Waals surface area contributed by atoms with Gasteiger partial charge in [-0.1, -0.05) is 6.58 Å². The number of carbonyl (C=O) groups is 2. The summed E-state index contributed by atoms with van der Waals surface area (Å²) in [4.78, 5) is 22.8. The van der Waals surface area contributed by atoms with Crippen LogP contribution in [0.2, 0.25) is 0 Å². The van der Waals surface area contributed by atoms with Crippen molar-refractivity contribution in [1.29, 1.82) is 0 Å². The number of carbonyl (C=O) groups excluding carboxylic acids is 2. The zero-order valence-corrected chi connectivity index (χ0v) is 7.87. The van der Waals surface area contributed by atoms with Gasteiger partial charge in [-0.25, -0.2) is 9.59 Å². The summed E-state index contributed by atoms with van der Waals surface area (Å²) < 4.78 is 4.63. The van der Waals surface area contributed by atoms with Gasteiger partial charge in [-0.15, -0.1) is 0 Å². The highest BCUT2D eigenvalue weighted by atomic mass is 16.5. The smallest absolute Gasteiger partial charge is 0.330 e. The van der Waals surface area contributed by atoms with Crippen LogP contribution in [0.15, 0.2) is 12.7 Å². The molecular formula is C8H14N2O3. The molecule has 0 spiro atoms. The molecule has 1 N–H and O–H groups in total. The van der Waals surface area contributed by atoms with Crippen LogP contribution < -0.4 is 5.32 Å². The number of nitrogens with one attached hydrogen (secondary N) is 1. The maximum Gasteiger partial charge on any atom is 0.330 e. The van der Waals surface area contributed by atoms with E-state index in [2.05, 4.69) is 16.6 Å². The van der Waals surface area contributed by atoms with E-state index in [1.807, 2.05) is 0 Å². The van der Waals surface area contributed by atoms with Crippen LogP contribution in [0.1, 0.15) is 0 Å². The molecule has 0 rings (SSSR count). The Morgan fingerprint density at radius 2 is 2.15 bits per heavy atom. The molecule has 0 atom stereocenters. The Bertz CT molecular complexity index is 202. The Morgan fingerprint density at radius 3 is 2.62 bits per heavy atom. The lowest BCUT2D eigenvalue weighted by Crippen LogP contribution is -2.36. The number of urea groups is 1. The monoisotopic (exact) mass is 186 g/mol. The van der Waals surface area contributed by atoms with E-state index >= 15 is 0 Å². The fraction of sp³-hybridized carbons (Fsp3) is 0.500. The minimum absolute atomic E-state index is 0.157. The number of rotatable bonds is 4. The topological polar surface area (TPSA) is 58.6 Å². The van der Waals surface area contributed by atoms with E-state index in [0.717, 1.165) is 6.08 Å². The summed E-state index contributed by atoms with van der Waals surface area (Å²) in [5, 5.41) is 2.54. The molecule has 0 fully saturated rings. The highest BCUT2D eigenvalue weighted by molar-refractivity contribution is 5.81. The predicted octanol–water partition coefficient (Wildman–Crippen LogP) is -0.0132. The van der Waals surface area contributed by atoms with Gasteiger partial charge in [-0.05, 0) is 0 Å². The van der Waals surface area contributed by atoms with Gasteiger partial charge in [0.15, 0.2) is 0 Å². The van der Waals surface area contributed by atoms with Gasteiger partial charge in [0, 0.05) is 20.2 Å². The summed E-state index contributed by atoms with van der Waals surface area (Å²) in [7, 11) is 3.26. The van der Waals surface area contributed by atoms with Gasteiger partial charge in [0.2, 0.25) is 0 Å². The minimum Gasteiger partial charge on any atom is -0.461 e. The van der Waals surface area contributed by atoms with Gasteiger partial charge in [0.05, 0.1) is 6.54 Å². The molecule has 0 aliphatic heterocycles. The van der Waals surface area contributed by atoms with Crippen molar-refractivity contribution < 1.29 is 14.3 Å². The van der Waals surface area contributed by atoms with Gasteiger partial charge in [-0.3, -0.25) is 0 Å². The molecule has 0 aliphatic carbocycles. The van der Waals surface area contributed by atoms with Crippen LogP contribution in [0.25, 0.3) is 0 Å². The maximum atomic E-state index is 10.9. The third-order valence-corrected chi connectivity index (χ3v) is 1.20. The SMILES string of the molecule is C=CC(=O)OCCNC(=O)N(C)C. The predicted molar refractivity (Wildman–Crippen MR) is 48.2 cm³/mol. The zero-order chi connectivity index (χ0) is 10.3. The van der Waals surface area contributed by atoms with Crippen molar-refractivity contribution in [3.63, 3.8) is 0 Å². The molecule has 74 valence electrons. The number of hydrogen-bond donors (Lipinski definition) is 1. The molecule has 0 aromatic heterocycles. The highest BCUT2D eigenvalue weighted by Crippen LogP contribution is 1.79. The lowest BCUT2D eigenvalue weighted by molar-refractivity contribution is -0.137. The van der Waals surface area contributed by atoms with Crippen LogP contribution in [0.4, 0.5) is 4.79 Å². The summed E-state index contributed by atoms with van der Waals surface area (Å²) in [6.07, 6.45) is 1.08. The minimum atomic E-state index is -0.487. The Balaban J connectivity index is 3.41. The lowest BCUT2D eigenvalue weighted by Gasteiger charge is -2.11. The number of esters is 1. The average Bonchev–Trinajstić information content (AvgIpc) is 2.11. The number of amides is 2. The summed E-state index contributed by atoms with van der Waals surface area (Å²) in [5.74, 6) is -0.487. The van der Waals surface area contributed by atoms with E-state index in [-0.39, 0.29) is 12.6 Å². The first kappa shape index (κ1) is 11.5. The summed E-state index contributed by atoms with van der Waals surface area (Å²) in [5.41, 5.74) is 0. The summed E-state index contributed by atoms with van der Waals surface area (Å²) >= 11 is 0. The second kappa shape index (κ2) is 6.05. The molecular weight excluding hydrogens is 172 g/mol.